The van der Waals surface area contributed by atoms with E-state index in [1.54, 1.807) is 0 Å². The lowest BCUT2D eigenvalue weighted by molar-refractivity contribution is -0.361. The summed E-state index contributed by atoms with van der Waals surface area (Å²) in [4.78, 5) is 45.9. The number of benzene rings is 3. The van der Waals surface area contributed by atoms with Crippen LogP contribution in [0.2, 0.25) is 0 Å². The number of anilines is 1. The molecule has 3 amide bonds. The van der Waals surface area contributed by atoms with Crippen molar-refractivity contribution in [2.45, 2.75) is 101 Å². The van der Waals surface area contributed by atoms with Gasteiger partial charge >= 0.3 is 18.0 Å². The first-order valence-corrected chi connectivity index (χ1v) is 20.6. The van der Waals surface area contributed by atoms with Crippen molar-refractivity contribution in [3.05, 3.63) is 89.2 Å². The summed E-state index contributed by atoms with van der Waals surface area (Å²) in [6, 6.07) is 17.9. The molecule has 0 saturated heterocycles. The Balaban J connectivity index is 1.13. The highest BCUT2D eigenvalue weighted by Gasteiger charge is 2.75. The van der Waals surface area contributed by atoms with Crippen molar-refractivity contribution in [1.82, 2.24) is 30.7 Å². The number of nitrogens with two attached hydrogens (primary N) is 1. The zero-order chi connectivity index (χ0) is 45.0. The van der Waals surface area contributed by atoms with Crippen LogP contribution < -0.4 is 21.7 Å². The van der Waals surface area contributed by atoms with Gasteiger partial charge in [-0.2, -0.15) is 35.8 Å². The summed E-state index contributed by atoms with van der Waals surface area (Å²) >= 11 is 0. The van der Waals surface area contributed by atoms with Crippen LogP contribution in [-0.2, 0) is 21.9 Å². The predicted molar refractivity (Wildman–Crippen MR) is 219 cm³/mol. The van der Waals surface area contributed by atoms with Crippen LogP contribution in [0.15, 0.2) is 66.7 Å². The van der Waals surface area contributed by atoms with E-state index in [4.69, 9.17) is 5.73 Å². The molecule has 6 rings (SSSR count). The van der Waals surface area contributed by atoms with Crippen molar-refractivity contribution < 1.29 is 45.1 Å². The number of carbonyl (C=O) groups is 3. The first kappa shape index (κ1) is 46.2. The number of halogens is 7. The number of nitrogens with one attached hydrogen (secondary N) is 4. The highest BCUT2D eigenvalue weighted by Crippen LogP contribution is 2.51. The molecule has 6 N–H and O–H groups in total. The molecule has 0 radical (unpaired) electrons. The fourth-order valence-corrected chi connectivity index (χ4v) is 8.14. The molecule has 0 bridgehead atoms. The average molecular weight is 873 g/mol. The van der Waals surface area contributed by atoms with Crippen LogP contribution in [0.3, 0.4) is 0 Å². The third-order valence-electron chi connectivity index (χ3n) is 12.1. The van der Waals surface area contributed by atoms with Crippen molar-refractivity contribution in [1.29, 1.82) is 0 Å². The maximum Gasteiger partial charge on any atom is 0.460 e. The number of nitrogens with zero attached hydrogens (tertiary/aromatic N) is 3. The van der Waals surface area contributed by atoms with Gasteiger partial charge < -0.3 is 26.6 Å². The molecule has 11 nitrogen and oxygen atoms in total. The lowest BCUT2D eigenvalue weighted by atomic mass is 9.81. The second-order valence-corrected chi connectivity index (χ2v) is 16.6. The molecule has 62 heavy (non-hydrogen) atoms. The maximum atomic E-state index is 14.2. The summed E-state index contributed by atoms with van der Waals surface area (Å²) in [5, 5.41) is 13.7. The normalized spacial score (nSPS) is 20.4. The van der Waals surface area contributed by atoms with E-state index in [1.807, 2.05) is 54.5 Å². The van der Waals surface area contributed by atoms with Gasteiger partial charge in [0.2, 0.25) is 17.6 Å². The molecule has 2 aliphatic carbocycles. The number of carbonyl (C=O) groups excluding carboxylic acids is 3. The summed E-state index contributed by atoms with van der Waals surface area (Å²) < 4.78 is 93.5. The Labute approximate surface area is 354 Å². The molecule has 0 unspecified atom stereocenters. The zero-order valence-corrected chi connectivity index (χ0v) is 34.6. The summed E-state index contributed by atoms with van der Waals surface area (Å²) in [5.74, 6) is -15.7. The van der Waals surface area contributed by atoms with E-state index in [0.29, 0.717) is 36.9 Å². The molecule has 1 aromatic heterocycles. The van der Waals surface area contributed by atoms with Gasteiger partial charge in [0.15, 0.2) is 5.82 Å². The van der Waals surface area contributed by atoms with Gasteiger partial charge in [-0.3, -0.25) is 19.5 Å². The third kappa shape index (κ3) is 10.5. The molecule has 0 spiro atoms. The van der Waals surface area contributed by atoms with Gasteiger partial charge in [0.05, 0.1) is 0 Å². The maximum absolute atomic E-state index is 14.2. The summed E-state index contributed by atoms with van der Waals surface area (Å²) in [6.07, 6.45) is 0.320. The second kappa shape index (κ2) is 18.9. The first-order chi connectivity index (χ1) is 29.3. The molecule has 2 fully saturated rings. The molecule has 334 valence electrons. The van der Waals surface area contributed by atoms with Gasteiger partial charge in [0.1, 0.15) is 6.04 Å². The number of aromatic nitrogens is 3. The van der Waals surface area contributed by atoms with Crippen LogP contribution >= 0.6 is 0 Å². The number of hydrogen-bond donors (Lipinski definition) is 5. The van der Waals surface area contributed by atoms with Gasteiger partial charge in [-0.25, -0.2) is 4.98 Å². The molecule has 4 aromatic rings. The predicted octanol–water partition coefficient (Wildman–Crippen LogP) is 7.77. The third-order valence-corrected chi connectivity index (χ3v) is 12.1. The monoisotopic (exact) mass is 872 g/mol. The van der Waals surface area contributed by atoms with E-state index >= 15 is 0 Å². The van der Waals surface area contributed by atoms with Gasteiger partial charge in [-0.1, -0.05) is 30.3 Å². The van der Waals surface area contributed by atoms with Crippen molar-refractivity contribution in [3.8, 4) is 22.5 Å². The SMILES string of the molecule is Cc1cc(C(=O)NC2CCC(N(C)C)CC2)ccc1-c1ccc(C[C@H](NC(=O)[C@H]2CC[C@H](CN)CC2)C(=O)Nc2ccc(-c3nc(C(F)(F)C(F)(F)C(F)(F)F)n[nH]3)cc2)cc1. The van der Waals surface area contributed by atoms with E-state index in [1.165, 1.54) is 24.3 Å². The molecule has 18 heteroatoms. The molecular weight excluding hydrogens is 822 g/mol. The second-order valence-electron chi connectivity index (χ2n) is 16.6. The lowest BCUT2D eigenvalue weighted by Crippen LogP contribution is -2.50. The van der Waals surface area contributed by atoms with Crippen LogP contribution in [0.25, 0.3) is 22.5 Å². The molecule has 3 aromatic carbocycles. The van der Waals surface area contributed by atoms with Crippen LogP contribution in [-0.4, -0.2) is 88.7 Å². The van der Waals surface area contributed by atoms with Crippen molar-refractivity contribution in [2.75, 3.05) is 26.0 Å². The number of hydrogen-bond acceptors (Lipinski definition) is 7. The number of amides is 3. The Kier molecular flexibility index (Phi) is 14.1. The Morgan fingerprint density at radius 3 is 2.05 bits per heavy atom. The van der Waals surface area contributed by atoms with Crippen molar-refractivity contribution in [3.63, 3.8) is 0 Å². The molecular formula is C44H51F7N8O3. The van der Waals surface area contributed by atoms with E-state index in [9.17, 15) is 45.1 Å². The number of H-pyrrole nitrogens is 1. The van der Waals surface area contributed by atoms with E-state index < -0.39 is 41.6 Å². The first-order valence-electron chi connectivity index (χ1n) is 20.6. The van der Waals surface area contributed by atoms with Crippen LogP contribution in [0.1, 0.15) is 78.7 Å². The summed E-state index contributed by atoms with van der Waals surface area (Å²) in [7, 11) is 4.16. The summed E-state index contributed by atoms with van der Waals surface area (Å²) in [5.41, 5.74) is 10.1. The number of alkyl halides is 7. The van der Waals surface area contributed by atoms with Crippen molar-refractivity contribution in [2.24, 2.45) is 17.6 Å². The van der Waals surface area contributed by atoms with Gasteiger partial charge in [-0.15, -0.1) is 0 Å². The average Bonchev–Trinajstić information content (AvgIpc) is 3.75. The fraction of sp³-hybridized carbons (Fsp3) is 0.477. The van der Waals surface area contributed by atoms with Crippen molar-refractivity contribution >= 4 is 23.4 Å². The molecule has 2 saturated carbocycles. The van der Waals surface area contributed by atoms with E-state index in [2.05, 4.69) is 45.0 Å². The minimum Gasteiger partial charge on any atom is -0.349 e. The minimum absolute atomic E-state index is 0.00284. The fourth-order valence-electron chi connectivity index (χ4n) is 8.14. The van der Waals surface area contributed by atoms with E-state index in [-0.39, 0.29) is 41.4 Å². The molecule has 0 aliphatic heterocycles. The lowest BCUT2D eigenvalue weighted by Gasteiger charge is -2.33. The standard InChI is InChI=1S/C44H51F7N8O3/c1-25-22-31(39(61)53-33-17-19-34(20-18-33)59(2)3)14-21-35(25)28-8-4-26(5-9-28)23-36(55-38(60)30-10-6-27(24-52)7-11-30)40(62)54-32-15-12-29(13-16-32)37-56-41(58-57-37)42(45,46)43(47,48)44(49,50)51/h4-5,8-9,12-16,21-22,27,30,33-34,36H,6-7,10-11,17-20,23-24,52H2,1-3H3,(H,53,61)(H,54,62)(H,55,60)(H,56,57,58)/t27-,30-,33?,34?,36-/m0/s1. The Morgan fingerprint density at radius 1 is 0.839 bits per heavy atom. The largest absolute Gasteiger partial charge is 0.460 e. The quantitative estimate of drug-likeness (QED) is 0.0811. The Bertz CT molecular complexity index is 2180. The summed E-state index contributed by atoms with van der Waals surface area (Å²) in [6.45, 7) is 2.47. The van der Waals surface area contributed by atoms with Gasteiger partial charge in [0, 0.05) is 41.2 Å². The number of aryl methyl sites for hydroxylation is 1. The molecule has 2 aliphatic rings. The molecule has 1 heterocycles. The van der Waals surface area contributed by atoms with Crippen LogP contribution in [0, 0.1) is 18.8 Å². The van der Waals surface area contributed by atoms with Crippen LogP contribution in [0.5, 0.6) is 0 Å². The van der Waals surface area contributed by atoms with E-state index in [0.717, 1.165) is 60.8 Å². The highest BCUT2D eigenvalue weighted by molar-refractivity contribution is 5.98. The van der Waals surface area contributed by atoms with Gasteiger partial charge in [0.25, 0.3) is 5.91 Å². The van der Waals surface area contributed by atoms with Gasteiger partial charge in [-0.05, 0) is 144 Å². The van der Waals surface area contributed by atoms with Crippen LogP contribution in [0.4, 0.5) is 36.4 Å². The smallest absolute Gasteiger partial charge is 0.349 e. The Hall–Kier alpha value is -5.36. The number of rotatable bonds is 14. The highest BCUT2D eigenvalue weighted by atomic mass is 19.4. The zero-order valence-electron chi connectivity index (χ0n) is 34.6. The Morgan fingerprint density at radius 2 is 1.47 bits per heavy atom. The number of aromatic amines is 1. The molecule has 1 atom stereocenters. The topological polar surface area (TPSA) is 158 Å². The minimum atomic E-state index is -6.55.